The van der Waals surface area contributed by atoms with Gasteiger partial charge in [-0.3, -0.25) is 4.79 Å². The van der Waals surface area contributed by atoms with Gasteiger partial charge >= 0.3 is 5.97 Å². The number of carbonyl (C=O) groups is 2. The van der Waals surface area contributed by atoms with Crippen molar-refractivity contribution in [2.24, 2.45) is 5.10 Å². The van der Waals surface area contributed by atoms with Crippen LogP contribution in [0.5, 0.6) is 5.75 Å². The lowest BCUT2D eigenvalue weighted by atomic mass is 10.1. The zero-order chi connectivity index (χ0) is 22.5. The standard InChI is InChI=1S/C23H22BrN3O4/c1-14-11-16(13-25-26-22(28)19-12-17(24)9-10-21(19)30-3)15(2)27(14)20-8-6-5-7-18(20)23(29)31-4/h5-13H,1-4H3,(H,26,28)/b25-13-. The molecule has 0 aliphatic heterocycles. The summed E-state index contributed by atoms with van der Waals surface area (Å²) in [5, 5.41) is 4.11. The van der Waals surface area contributed by atoms with Crippen LogP contribution in [0.3, 0.4) is 0 Å². The number of hydrogen-bond donors (Lipinski definition) is 1. The number of nitrogens with zero attached hydrogens (tertiary/aromatic N) is 2. The number of methoxy groups -OCH3 is 2. The lowest BCUT2D eigenvalue weighted by molar-refractivity contribution is 0.0600. The van der Waals surface area contributed by atoms with E-state index >= 15 is 0 Å². The number of hydrogen-bond acceptors (Lipinski definition) is 5. The lowest BCUT2D eigenvalue weighted by Crippen LogP contribution is -2.18. The van der Waals surface area contributed by atoms with Crippen LogP contribution in [0.25, 0.3) is 5.69 Å². The van der Waals surface area contributed by atoms with Crippen LogP contribution in [-0.2, 0) is 4.74 Å². The second kappa shape index (κ2) is 9.61. The van der Waals surface area contributed by atoms with Crippen molar-refractivity contribution >= 4 is 34.0 Å². The first-order valence-corrected chi connectivity index (χ1v) is 10.2. The number of aromatic nitrogens is 1. The summed E-state index contributed by atoms with van der Waals surface area (Å²) < 4.78 is 12.9. The van der Waals surface area contributed by atoms with Crippen LogP contribution in [-0.4, -0.2) is 36.9 Å². The number of amides is 1. The van der Waals surface area contributed by atoms with Gasteiger partial charge in [0.1, 0.15) is 5.75 Å². The Morgan fingerprint density at radius 2 is 1.81 bits per heavy atom. The number of ether oxygens (including phenoxy) is 2. The fraction of sp³-hybridized carbons (Fsp3) is 0.174. The number of esters is 1. The molecule has 0 unspecified atom stereocenters. The molecule has 0 saturated carbocycles. The van der Waals surface area contributed by atoms with Crippen molar-refractivity contribution in [1.29, 1.82) is 0 Å². The van der Waals surface area contributed by atoms with Crippen LogP contribution in [0.1, 0.15) is 37.7 Å². The highest BCUT2D eigenvalue weighted by atomic mass is 79.9. The molecular formula is C23H22BrN3O4. The third-order valence-electron chi connectivity index (χ3n) is 4.80. The first kappa shape index (κ1) is 22.3. The van der Waals surface area contributed by atoms with Gasteiger partial charge in [0.25, 0.3) is 5.91 Å². The molecule has 8 heteroatoms. The summed E-state index contributed by atoms with van der Waals surface area (Å²) in [4.78, 5) is 24.7. The van der Waals surface area contributed by atoms with Crippen molar-refractivity contribution < 1.29 is 19.1 Å². The molecule has 7 nitrogen and oxygen atoms in total. The molecule has 160 valence electrons. The smallest absolute Gasteiger partial charge is 0.339 e. The number of carbonyl (C=O) groups excluding carboxylic acids is 2. The predicted molar refractivity (Wildman–Crippen MR) is 122 cm³/mol. The highest BCUT2D eigenvalue weighted by molar-refractivity contribution is 9.10. The SMILES string of the molecule is COC(=O)c1ccccc1-n1c(C)cc(/C=N\NC(=O)c2cc(Br)ccc2OC)c1C. The van der Waals surface area contributed by atoms with E-state index in [2.05, 4.69) is 26.5 Å². The predicted octanol–water partition coefficient (Wildman–Crippen LogP) is 4.42. The van der Waals surface area contributed by atoms with Gasteiger partial charge in [0.05, 0.1) is 37.2 Å². The molecule has 0 radical (unpaired) electrons. The summed E-state index contributed by atoms with van der Waals surface area (Å²) in [6.45, 7) is 3.85. The number of para-hydroxylation sites is 1. The van der Waals surface area contributed by atoms with E-state index in [0.717, 1.165) is 21.4 Å². The van der Waals surface area contributed by atoms with Crippen molar-refractivity contribution in [1.82, 2.24) is 9.99 Å². The molecule has 0 spiro atoms. The fourth-order valence-corrected chi connectivity index (χ4v) is 3.68. The molecular weight excluding hydrogens is 462 g/mol. The van der Waals surface area contributed by atoms with Gasteiger partial charge in [-0.25, -0.2) is 10.2 Å². The van der Waals surface area contributed by atoms with Gasteiger partial charge in [0.2, 0.25) is 0 Å². The van der Waals surface area contributed by atoms with Gasteiger partial charge in [-0.1, -0.05) is 28.1 Å². The van der Waals surface area contributed by atoms with Crippen LogP contribution in [0.15, 0.2) is 58.1 Å². The molecule has 0 saturated heterocycles. The maximum Gasteiger partial charge on any atom is 0.339 e. The largest absolute Gasteiger partial charge is 0.496 e. The number of nitrogens with one attached hydrogen (secondary N) is 1. The van der Waals surface area contributed by atoms with Gasteiger partial charge in [0.15, 0.2) is 0 Å². The number of halogens is 1. The van der Waals surface area contributed by atoms with E-state index in [1.807, 2.05) is 36.6 Å². The highest BCUT2D eigenvalue weighted by Crippen LogP contribution is 2.24. The summed E-state index contributed by atoms with van der Waals surface area (Å²) >= 11 is 3.35. The van der Waals surface area contributed by atoms with E-state index in [1.165, 1.54) is 14.2 Å². The summed E-state index contributed by atoms with van der Waals surface area (Å²) in [6, 6.07) is 14.3. The minimum absolute atomic E-state index is 0.367. The Labute approximate surface area is 188 Å². The van der Waals surface area contributed by atoms with E-state index in [-0.39, 0.29) is 5.91 Å². The van der Waals surface area contributed by atoms with E-state index < -0.39 is 5.97 Å². The molecule has 0 fully saturated rings. The first-order chi connectivity index (χ1) is 14.9. The van der Waals surface area contributed by atoms with Crippen LogP contribution < -0.4 is 10.2 Å². The molecule has 2 aromatic carbocycles. The number of benzene rings is 2. The van der Waals surface area contributed by atoms with E-state index in [1.54, 1.807) is 36.5 Å². The topological polar surface area (TPSA) is 81.9 Å². The number of hydrazone groups is 1. The van der Waals surface area contributed by atoms with E-state index in [4.69, 9.17) is 9.47 Å². The summed E-state index contributed by atoms with van der Waals surface area (Å²) in [5.74, 6) is -0.346. The zero-order valence-electron chi connectivity index (χ0n) is 17.6. The molecule has 31 heavy (non-hydrogen) atoms. The van der Waals surface area contributed by atoms with Gasteiger partial charge in [-0.15, -0.1) is 0 Å². The second-order valence-corrected chi connectivity index (χ2v) is 7.63. The Bertz CT molecular complexity index is 1170. The Balaban J connectivity index is 1.87. The van der Waals surface area contributed by atoms with Gasteiger partial charge in [-0.05, 0) is 50.2 Å². The minimum Gasteiger partial charge on any atom is -0.496 e. The van der Waals surface area contributed by atoms with Crippen molar-refractivity contribution in [3.63, 3.8) is 0 Å². The summed E-state index contributed by atoms with van der Waals surface area (Å²) in [5.41, 5.74) is 6.66. The van der Waals surface area contributed by atoms with Crippen LogP contribution >= 0.6 is 15.9 Å². The van der Waals surface area contributed by atoms with Crippen LogP contribution in [0.4, 0.5) is 0 Å². The number of rotatable bonds is 6. The van der Waals surface area contributed by atoms with Crippen molar-refractivity contribution in [3.8, 4) is 11.4 Å². The molecule has 1 N–H and O–H groups in total. The molecule has 3 rings (SSSR count). The monoisotopic (exact) mass is 483 g/mol. The van der Waals surface area contributed by atoms with Crippen molar-refractivity contribution in [2.45, 2.75) is 13.8 Å². The maximum atomic E-state index is 12.5. The molecule has 1 amide bonds. The fourth-order valence-electron chi connectivity index (χ4n) is 3.32. The number of aryl methyl sites for hydroxylation is 1. The minimum atomic E-state index is -0.409. The van der Waals surface area contributed by atoms with Crippen molar-refractivity contribution in [2.75, 3.05) is 14.2 Å². The molecule has 3 aromatic rings. The average Bonchev–Trinajstić information content (AvgIpc) is 3.05. The molecule has 0 bridgehead atoms. The Morgan fingerprint density at radius 3 is 2.52 bits per heavy atom. The zero-order valence-corrected chi connectivity index (χ0v) is 19.2. The Kier molecular flexibility index (Phi) is 6.91. The van der Waals surface area contributed by atoms with Crippen molar-refractivity contribution in [3.05, 3.63) is 81.1 Å². The summed E-state index contributed by atoms with van der Waals surface area (Å²) in [7, 11) is 2.86. The third-order valence-corrected chi connectivity index (χ3v) is 5.29. The van der Waals surface area contributed by atoms with E-state index in [9.17, 15) is 9.59 Å². The molecule has 1 heterocycles. The van der Waals surface area contributed by atoms with Gasteiger partial charge in [0, 0.05) is 21.4 Å². The Hall–Kier alpha value is -3.39. The second-order valence-electron chi connectivity index (χ2n) is 6.71. The molecule has 0 atom stereocenters. The van der Waals surface area contributed by atoms with Gasteiger partial charge < -0.3 is 14.0 Å². The van der Waals surface area contributed by atoms with Gasteiger partial charge in [-0.2, -0.15) is 5.10 Å². The maximum absolute atomic E-state index is 12.5. The highest BCUT2D eigenvalue weighted by Gasteiger charge is 2.17. The third kappa shape index (κ3) is 4.69. The Morgan fingerprint density at radius 1 is 1.06 bits per heavy atom. The van der Waals surface area contributed by atoms with E-state index in [0.29, 0.717) is 22.6 Å². The molecule has 1 aromatic heterocycles. The summed E-state index contributed by atoms with van der Waals surface area (Å²) in [6.07, 6.45) is 1.57. The van der Waals surface area contributed by atoms with Crippen LogP contribution in [0, 0.1) is 13.8 Å². The van der Waals surface area contributed by atoms with Crippen LogP contribution in [0.2, 0.25) is 0 Å². The normalized spacial score (nSPS) is 10.9. The average molecular weight is 484 g/mol. The molecule has 0 aliphatic rings. The first-order valence-electron chi connectivity index (χ1n) is 9.41. The quantitative estimate of drug-likeness (QED) is 0.319. The molecule has 0 aliphatic carbocycles. The lowest BCUT2D eigenvalue weighted by Gasteiger charge is -2.13.